The second-order valence-corrected chi connectivity index (χ2v) is 10.5. The summed E-state index contributed by atoms with van der Waals surface area (Å²) >= 11 is 0. The molecule has 0 N–H and O–H groups in total. The van der Waals surface area contributed by atoms with Crippen LogP contribution in [0.5, 0.6) is 11.5 Å². The van der Waals surface area contributed by atoms with Gasteiger partial charge in [-0.05, 0) is 68.8 Å². The predicted octanol–water partition coefficient (Wildman–Crippen LogP) is 6.29. The molecule has 1 unspecified atom stereocenters. The third-order valence-electron chi connectivity index (χ3n) is 7.72. The van der Waals surface area contributed by atoms with E-state index < -0.39 is 0 Å². The van der Waals surface area contributed by atoms with Crippen LogP contribution in [0.2, 0.25) is 0 Å². The Labute approximate surface area is 217 Å². The van der Waals surface area contributed by atoms with Crippen molar-refractivity contribution in [2.75, 3.05) is 40.4 Å². The van der Waals surface area contributed by atoms with Crippen LogP contribution in [0.3, 0.4) is 0 Å². The Bertz CT molecular complexity index is 1010. The summed E-state index contributed by atoms with van der Waals surface area (Å²) in [5.74, 6) is 2.07. The van der Waals surface area contributed by atoms with E-state index in [1.54, 1.807) is 20.3 Å². The van der Waals surface area contributed by atoms with Crippen molar-refractivity contribution >= 4 is 12.0 Å². The van der Waals surface area contributed by atoms with Crippen molar-refractivity contribution in [3.8, 4) is 11.5 Å². The Hall–Kier alpha value is -2.79. The van der Waals surface area contributed by atoms with E-state index >= 15 is 0 Å². The minimum absolute atomic E-state index is 0.0429. The molecular formula is C31H42N2O3. The molecular weight excluding hydrogens is 448 g/mol. The summed E-state index contributed by atoms with van der Waals surface area (Å²) in [6.07, 6.45) is 11.4. The Balaban J connectivity index is 1.54. The second kappa shape index (κ2) is 13.0. The van der Waals surface area contributed by atoms with E-state index in [-0.39, 0.29) is 5.91 Å². The highest BCUT2D eigenvalue weighted by molar-refractivity contribution is 5.95. The third kappa shape index (κ3) is 6.91. The van der Waals surface area contributed by atoms with Crippen molar-refractivity contribution in [3.63, 3.8) is 0 Å². The largest absolute Gasteiger partial charge is 0.493 e. The van der Waals surface area contributed by atoms with Crippen LogP contribution in [0.4, 0.5) is 0 Å². The Morgan fingerprint density at radius 2 is 1.72 bits per heavy atom. The van der Waals surface area contributed by atoms with E-state index in [0.717, 1.165) is 31.0 Å². The van der Waals surface area contributed by atoms with Gasteiger partial charge in [-0.25, -0.2) is 0 Å². The standard InChI is InChI=1S/C31H42N2O3/c1-24(19-25-11-6-4-7-12-25)21-33(31(34)27-16-17-29(35-2)30(20-27)36-3)23-28-15-10-18-32(28)22-26-13-8-5-9-14-26/h4,6-7,11-12,16-17,19-20,26,28H,5,8-10,13-15,18,21-23H2,1-3H3. The highest BCUT2D eigenvalue weighted by Gasteiger charge is 2.31. The topological polar surface area (TPSA) is 42.0 Å². The maximum atomic E-state index is 13.9. The molecule has 5 heteroatoms. The lowest BCUT2D eigenvalue weighted by molar-refractivity contribution is 0.0709. The van der Waals surface area contributed by atoms with Crippen molar-refractivity contribution in [1.29, 1.82) is 0 Å². The number of ether oxygens (including phenoxy) is 2. The van der Waals surface area contributed by atoms with Gasteiger partial charge >= 0.3 is 0 Å². The number of carbonyl (C=O) groups excluding carboxylic acids is 1. The number of hydrogen-bond donors (Lipinski definition) is 0. The van der Waals surface area contributed by atoms with Gasteiger partial charge in [-0.15, -0.1) is 0 Å². The number of hydrogen-bond acceptors (Lipinski definition) is 4. The number of rotatable bonds is 10. The van der Waals surface area contributed by atoms with Crippen LogP contribution in [0, 0.1) is 5.92 Å². The van der Waals surface area contributed by atoms with Crippen molar-refractivity contribution in [2.24, 2.45) is 5.92 Å². The highest BCUT2D eigenvalue weighted by atomic mass is 16.5. The van der Waals surface area contributed by atoms with Crippen molar-refractivity contribution in [1.82, 2.24) is 9.80 Å². The van der Waals surface area contributed by atoms with Gasteiger partial charge in [0.2, 0.25) is 0 Å². The fraction of sp³-hybridized carbons (Fsp3) is 0.516. The lowest BCUT2D eigenvalue weighted by Crippen LogP contribution is -2.45. The van der Waals surface area contributed by atoms with Crippen LogP contribution in [0.25, 0.3) is 6.08 Å². The molecule has 0 radical (unpaired) electrons. The number of methoxy groups -OCH3 is 2. The first-order chi connectivity index (χ1) is 17.6. The summed E-state index contributed by atoms with van der Waals surface area (Å²) in [5, 5.41) is 0. The van der Waals surface area contributed by atoms with Gasteiger partial charge in [-0.3, -0.25) is 9.69 Å². The molecule has 1 saturated carbocycles. The summed E-state index contributed by atoms with van der Waals surface area (Å²) in [6.45, 7) is 5.81. The molecule has 0 aromatic heterocycles. The van der Waals surface area contributed by atoms with Gasteiger partial charge in [0.25, 0.3) is 5.91 Å². The quantitative estimate of drug-likeness (QED) is 0.392. The van der Waals surface area contributed by atoms with Gasteiger partial charge in [0.15, 0.2) is 11.5 Å². The summed E-state index contributed by atoms with van der Waals surface area (Å²) in [6, 6.07) is 16.2. The fourth-order valence-corrected chi connectivity index (χ4v) is 5.85. The smallest absolute Gasteiger partial charge is 0.254 e. The highest BCUT2D eigenvalue weighted by Crippen LogP contribution is 2.30. The van der Waals surface area contributed by atoms with Crippen molar-refractivity contribution < 1.29 is 14.3 Å². The molecule has 4 rings (SSSR count). The van der Waals surface area contributed by atoms with Crippen LogP contribution in [0.1, 0.15) is 67.8 Å². The van der Waals surface area contributed by atoms with Gasteiger partial charge in [0.05, 0.1) is 14.2 Å². The number of carbonyl (C=O) groups is 1. The first-order valence-electron chi connectivity index (χ1n) is 13.5. The molecule has 5 nitrogen and oxygen atoms in total. The molecule has 1 heterocycles. The van der Waals surface area contributed by atoms with Crippen LogP contribution in [0.15, 0.2) is 54.1 Å². The van der Waals surface area contributed by atoms with Gasteiger partial charge in [-0.2, -0.15) is 0 Å². The molecule has 2 aromatic carbocycles. The molecule has 2 aliphatic rings. The summed E-state index contributed by atoms with van der Waals surface area (Å²) < 4.78 is 10.9. The Morgan fingerprint density at radius 3 is 2.44 bits per heavy atom. The lowest BCUT2D eigenvalue weighted by atomic mass is 9.89. The van der Waals surface area contributed by atoms with Gasteiger partial charge in [-0.1, -0.05) is 61.2 Å². The second-order valence-electron chi connectivity index (χ2n) is 10.5. The van der Waals surface area contributed by atoms with E-state index in [9.17, 15) is 4.79 Å². The fourth-order valence-electron chi connectivity index (χ4n) is 5.85. The molecule has 1 saturated heterocycles. The first-order valence-corrected chi connectivity index (χ1v) is 13.5. The van der Waals surface area contributed by atoms with E-state index in [1.165, 1.54) is 50.6 Å². The monoisotopic (exact) mass is 490 g/mol. The van der Waals surface area contributed by atoms with Crippen molar-refractivity contribution in [2.45, 2.75) is 57.9 Å². The maximum Gasteiger partial charge on any atom is 0.254 e. The zero-order valence-corrected chi connectivity index (χ0v) is 22.2. The summed E-state index contributed by atoms with van der Waals surface area (Å²) in [7, 11) is 3.22. The number of nitrogens with zero attached hydrogens (tertiary/aromatic N) is 2. The molecule has 1 atom stereocenters. The van der Waals surface area contributed by atoms with Gasteiger partial charge in [0.1, 0.15) is 0 Å². The SMILES string of the molecule is COc1ccc(C(=O)N(CC(C)=Cc2ccccc2)CC2CCCN2CC2CCCCC2)cc1OC. The zero-order chi connectivity index (χ0) is 25.3. The molecule has 1 aliphatic carbocycles. The molecule has 0 spiro atoms. The molecule has 2 fully saturated rings. The van der Waals surface area contributed by atoms with Crippen molar-refractivity contribution in [3.05, 3.63) is 65.2 Å². The van der Waals surface area contributed by atoms with E-state index in [1.807, 2.05) is 35.2 Å². The Kier molecular flexibility index (Phi) is 9.46. The van der Waals surface area contributed by atoms with E-state index in [0.29, 0.717) is 29.6 Å². The zero-order valence-electron chi connectivity index (χ0n) is 22.2. The maximum absolute atomic E-state index is 13.9. The van der Waals surface area contributed by atoms with Gasteiger partial charge < -0.3 is 14.4 Å². The van der Waals surface area contributed by atoms with Crippen LogP contribution in [-0.2, 0) is 0 Å². The van der Waals surface area contributed by atoms with Gasteiger partial charge in [0, 0.05) is 31.2 Å². The minimum atomic E-state index is 0.0429. The molecule has 1 amide bonds. The normalized spacial score (nSPS) is 19.3. The number of amides is 1. The minimum Gasteiger partial charge on any atom is -0.493 e. The average Bonchev–Trinajstić information content (AvgIpc) is 3.34. The molecule has 0 bridgehead atoms. The third-order valence-corrected chi connectivity index (χ3v) is 7.72. The first kappa shape index (κ1) is 26.3. The van der Waals surface area contributed by atoms with E-state index in [4.69, 9.17) is 9.47 Å². The Morgan fingerprint density at radius 1 is 0.972 bits per heavy atom. The van der Waals surface area contributed by atoms with Crippen LogP contribution >= 0.6 is 0 Å². The van der Waals surface area contributed by atoms with E-state index in [2.05, 4.69) is 30.0 Å². The van der Waals surface area contributed by atoms with Crippen LogP contribution < -0.4 is 9.47 Å². The summed E-state index contributed by atoms with van der Waals surface area (Å²) in [5.41, 5.74) is 2.97. The molecule has 2 aromatic rings. The van der Waals surface area contributed by atoms with Crippen LogP contribution in [-0.4, -0.2) is 62.1 Å². The number of likely N-dealkylation sites (tertiary alicyclic amines) is 1. The molecule has 194 valence electrons. The lowest BCUT2D eigenvalue weighted by Gasteiger charge is -2.34. The molecule has 36 heavy (non-hydrogen) atoms. The summed E-state index contributed by atoms with van der Waals surface area (Å²) in [4.78, 5) is 18.6. The molecule has 1 aliphatic heterocycles. The predicted molar refractivity (Wildman–Crippen MR) is 147 cm³/mol. The average molecular weight is 491 g/mol. The number of benzene rings is 2.